The van der Waals surface area contributed by atoms with Gasteiger partial charge < -0.3 is 15.3 Å². The quantitative estimate of drug-likeness (QED) is 0.834. The number of hydrogen-bond acceptors (Lipinski definition) is 3. The minimum Gasteiger partial charge on any atom is -0.389 e. The van der Waals surface area contributed by atoms with Gasteiger partial charge in [-0.15, -0.1) is 0 Å². The van der Waals surface area contributed by atoms with Crippen LogP contribution in [0.2, 0.25) is 5.02 Å². The van der Waals surface area contributed by atoms with Crippen LogP contribution in [0.3, 0.4) is 0 Å². The third-order valence-electron chi connectivity index (χ3n) is 2.68. The molecule has 0 aliphatic carbocycles. The van der Waals surface area contributed by atoms with Gasteiger partial charge >= 0.3 is 0 Å². The lowest BCUT2D eigenvalue weighted by Gasteiger charge is -2.29. The Morgan fingerprint density at radius 3 is 2.61 bits per heavy atom. The second-order valence-corrected chi connectivity index (χ2v) is 5.59. The molecular weight excluding hydrogens is 248 g/mol. The Morgan fingerprint density at radius 2 is 2.06 bits per heavy atom. The Bertz CT molecular complexity index is 388. The first kappa shape index (κ1) is 15.3. The Morgan fingerprint density at radius 1 is 1.39 bits per heavy atom. The van der Waals surface area contributed by atoms with E-state index in [1.807, 2.05) is 30.1 Å². The summed E-state index contributed by atoms with van der Waals surface area (Å²) in [6.45, 7) is 7.88. The average Bonchev–Trinajstić information content (AvgIpc) is 2.24. The zero-order valence-corrected chi connectivity index (χ0v) is 12.4. The van der Waals surface area contributed by atoms with Gasteiger partial charge in [0.15, 0.2) is 0 Å². The summed E-state index contributed by atoms with van der Waals surface area (Å²) in [6, 6.07) is 5.87. The molecule has 0 bridgehead atoms. The number of benzene rings is 1. The zero-order valence-electron chi connectivity index (χ0n) is 11.6. The molecule has 4 heteroatoms. The van der Waals surface area contributed by atoms with E-state index >= 15 is 0 Å². The molecule has 0 heterocycles. The number of anilines is 1. The van der Waals surface area contributed by atoms with E-state index < -0.39 is 5.60 Å². The van der Waals surface area contributed by atoms with Gasteiger partial charge in [0, 0.05) is 36.4 Å². The molecule has 0 fully saturated rings. The van der Waals surface area contributed by atoms with E-state index in [0.29, 0.717) is 6.54 Å². The SMILES string of the molecule is CCNCc1c(Cl)cccc1N(C)CC(C)(C)O. The Balaban J connectivity index is 2.96. The van der Waals surface area contributed by atoms with Crippen LogP contribution in [0.25, 0.3) is 0 Å². The molecule has 3 nitrogen and oxygen atoms in total. The average molecular weight is 271 g/mol. The van der Waals surface area contributed by atoms with Crippen molar-refractivity contribution in [1.29, 1.82) is 0 Å². The van der Waals surface area contributed by atoms with Crippen molar-refractivity contribution in [3.05, 3.63) is 28.8 Å². The van der Waals surface area contributed by atoms with Gasteiger partial charge in [-0.2, -0.15) is 0 Å². The van der Waals surface area contributed by atoms with E-state index in [2.05, 4.69) is 12.2 Å². The van der Waals surface area contributed by atoms with Crippen molar-refractivity contribution in [1.82, 2.24) is 5.32 Å². The van der Waals surface area contributed by atoms with E-state index in [4.69, 9.17) is 11.6 Å². The largest absolute Gasteiger partial charge is 0.389 e. The van der Waals surface area contributed by atoms with Crippen molar-refractivity contribution < 1.29 is 5.11 Å². The predicted molar refractivity (Wildman–Crippen MR) is 78.4 cm³/mol. The lowest BCUT2D eigenvalue weighted by atomic mass is 10.1. The molecule has 0 amide bonds. The molecule has 0 spiro atoms. The van der Waals surface area contributed by atoms with Gasteiger partial charge in [0.05, 0.1) is 5.60 Å². The highest BCUT2D eigenvalue weighted by Crippen LogP contribution is 2.27. The number of likely N-dealkylation sites (N-methyl/N-ethyl adjacent to an activating group) is 1. The number of aliphatic hydroxyl groups is 1. The van der Waals surface area contributed by atoms with Crippen LogP contribution in [0.4, 0.5) is 5.69 Å². The molecule has 0 aliphatic rings. The number of halogens is 1. The molecule has 1 aromatic rings. The normalized spacial score (nSPS) is 11.7. The van der Waals surface area contributed by atoms with Gasteiger partial charge in [-0.25, -0.2) is 0 Å². The molecule has 0 aliphatic heterocycles. The van der Waals surface area contributed by atoms with Crippen LogP contribution < -0.4 is 10.2 Å². The molecule has 0 unspecified atom stereocenters. The molecule has 0 radical (unpaired) electrons. The summed E-state index contributed by atoms with van der Waals surface area (Å²) >= 11 is 6.25. The molecule has 1 aromatic carbocycles. The smallest absolute Gasteiger partial charge is 0.0765 e. The minimum absolute atomic E-state index is 0.562. The number of rotatable bonds is 6. The van der Waals surface area contributed by atoms with Crippen molar-refractivity contribution in [3.63, 3.8) is 0 Å². The molecule has 18 heavy (non-hydrogen) atoms. The van der Waals surface area contributed by atoms with E-state index in [0.717, 1.165) is 29.4 Å². The van der Waals surface area contributed by atoms with Crippen molar-refractivity contribution in [2.45, 2.75) is 32.9 Å². The fraction of sp³-hybridized carbons (Fsp3) is 0.571. The van der Waals surface area contributed by atoms with Gasteiger partial charge in [0.25, 0.3) is 0 Å². The maximum Gasteiger partial charge on any atom is 0.0765 e. The van der Waals surface area contributed by atoms with Gasteiger partial charge in [0.1, 0.15) is 0 Å². The molecule has 0 saturated carbocycles. The van der Waals surface area contributed by atoms with E-state index in [9.17, 15) is 5.11 Å². The van der Waals surface area contributed by atoms with Crippen LogP contribution in [-0.2, 0) is 6.54 Å². The van der Waals surface area contributed by atoms with Crippen molar-refractivity contribution in [2.75, 3.05) is 25.0 Å². The van der Waals surface area contributed by atoms with Crippen LogP contribution in [0.1, 0.15) is 26.3 Å². The minimum atomic E-state index is -0.730. The fourth-order valence-electron chi connectivity index (χ4n) is 2.00. The number of nitrogens with zero attached hydrogens (tertiary/aromatic N) is 1. The van der Waals surface area contributed by atoms with Crippen molar-refractivity contribution in [2.24, 2.45) is 0 Å². The van der Waals surface area contributed by atoms with E-state index in [-0.39, 0.29) is 0 Å². The lowest BCUT2D eigenvalue weighted by molar-refractivity contribution is 0.0886. The Labute approximate surface area is 115 Å². The van der Waals surface area contributed by atoms with Gasteiger partial charge in [-0.3, -0.25) is 0 Å². The molecule has 1 rings (SSSR count). The number of hydrogen-bond donors (Lipinski definition) is 2. The van der Waals surface area contributed by atoms with Crippen LogP contribution in [0, 0.1) is 0 Å². The summed E-state index contributed by atoms with van der Waals surface area (Å²) in [6.07, 6.45) is 0. The van der Waals surface area contributed by atoms with Gasteiger partial charge in [-0.1, -0.05) is 24.6 Å². The summed E-state index contributed by atoms with van der Waals surface area (Å²) in [5.74, 6) is 0. The van der Waals surface area contributed by atoms with Crippen LogP contribution >= 0.6 is 11.6 Å². The molecule has 0 saturated heterocycles. The third kappa shape index (κ3) is 4.48. The monoisotopic (exact) mass is 270 g/mol. The van der Waals surface area contributed by atoms with Crippen molar-refractivity contribution >= 4 is 17.3 Å². The van der Waals surface area contributed by atoms with Crippen LogP contribution in [0.5, 0.6) is 0 Å². The second kappa shape index (κ2) is 6.41. The topological polar surface area (TPSA) is 35.5 Å². The van der Waals surface area contributed by atoms with Crippen LogP contribution in [0.15, 0.2) is 18.2 Å². The Hall–Kier alpha value is -0.770. The molecule has 102 valence electrons. The highest BCUT2D eigenvalue weighted by molar-refractivity contribution is 6.31. The van der Waals surface area contributed by atoms with E-state index in [1.165, 1.54) is 0 Å². The third-order valence-corrected chi connectivity index (χ3v) is 3.04. The standard InChI is InChI=1S/C14H23ClN2O/c1-5-16-9-11-12(15)7-6-8-13(11)17(4)10-14(2,3)18/h6-8,16,18H,5,9-10H2,1-4H3. The zero-order chi connectivity index (χ0) is 13.8. The summed E-state index contributed by atoms with van der Waals surface area (Å²) in [5.41, 5.74) is 1.41. The number of nitrogens with one attached hydrogen (secondary N) is 1. The Kier molecular flexibility index (Phi) is 5.45. The lowest BCUT2D eigenvalue weighted by Crippen LogP contribution is -2.36. The highest BCUT2D eigenvalue weighted by atomic mass is 35.5. The molecule has 0 atom stereocenters. The molecule has 0 aromatic heterocycles. The van der Waals surface area contributed by atoms with Crippen molar-refractivity contribution in [3.8, 4) is 0 Å². The highest BCUT2D eigenvalue weighted by Gasteiger charge is 2.18. The van der Waals surface area contributed by atoms with E-state index in [1.54, 1.807) is 13.8 Å². The van der Waals surface area contributed by atoms with Gasteiger partial charge in [0.2, 0.25) is 0 Å². The molecular formula is C14H23ClN2O. The maximum atomic E-state index is 9.90. The first-order valence-electron chi connectivity index (χ1n) is 6.26. The summed E-state index contributed by atoms with van der Waals surface area (Å²) in [4.78, 5) is 2.04. The summed E-state index contributed by atoms with van der Waals surface area (Å²) in [5, 5.41) is 13.9. The maximum absolute atomic E-state index is 9.90. The van der Waals surface area contributed by atoms with Gasteiger partial charge in [-0.05, 0) is 32.5 Å². The predicted octanol–water partition coefficient (Wildman–Crippen LogP) is 2.66. The second-order valence-electron chi connectivity index (χ2n) is 5.19. The fourth-order valence-corrected chi connectivity index (χ4v) is 2.23. The first-order chi connectivity index (χ1) is 8.35. The summed E-state index contributed by atoms with van der Waals surface area (Å²) < 4.78 is 0. The summed E-state index contributed by atoms with van der Waals surface area (Å²) in [7, 11) is 1.97. The van der Waals surface area contributed by atoms with Crippen LogP contribution in [-0.4, -0.2) is 30.8 Å². The molecule has 2 N–H and O–H groups in total. The first-order valence-corrected chi connectivity index (χ1v) is 6.64.